The molecule has 0 radical (unpaired) electrons. The van der Waals surface area contributed by atoms with Crippen LogP contribution >= 0.6 is 0 Å². The minimum atomic E-state index is -0.723. The lowest BCUT2D eigenvalue weighted by molar-refractivity contribution is -0.144. The second-order valence-electron chi connectivity index (χ2n) is 5.98. The van der Waals surface area contributed by atoms with Crippen molar-refractivity contribution >= 4 is 5.97 Å². The Bertz CT molecular complexity index is 270. The van der Waals surface area contributed by atoms with Gasteiger partial charge in [0.25, 0.3) is 0 Å². The quantitative estimate of drug-likeness (QED) is 0.681. The Hall–Kier alpha value is -0.610. The molecular weight excluding hydrogens is 230 g/mol. The lowest BCUT2D eigenvalue weighted by Gasteiger charge is -2.36. The van der Waals surface area contributed by atoms with Crippen molar-refractivity contribution in [3.8, 4) is 0 Å². The van der Waals surface area contributed by atoms with E-state index >= 15 is 0 Å². The van der Waals surface area contributed by atoms with Gasteiger partial charge in [0.1, 0.15) is 0 Å². The van der Waals surface area contributed by atoms with E-state index in [1.54, 1.807) is 0 Å². The fraction of sp³-hybridized carbons (Fsp3) is 0.929. The van der Waals surface area contributed by atoms with Crippen LogP contribution in [0.3, 0.4) is 0 Å². The summed E-state index contributed by atoms with van der Waals surface area (Å²) in [4.78, 5) is 10.9. The lowest BCUT2D eigenvalue weighted by Crippen LogP contribution is -2.48. The van der Waals surface area contributed by atoms with Crippen LogP contribution in [-0.4, -0.2) is 34.4 Å². The molecule has 4 nitrogen and oxygen atoms in total. The van der Waals surface area contributed by atoms with Crippen LogP contribution in [0.1, 0.15) is 52.9 Å². The Morgan fingerprint density at radius 3 is 2.33 bits per heavy atom. The fourth-order valence-electron chi connectivity index (χ4n) is 2.75. The number of carboxylic acid groups (broad SMARTS) is 1. The van der Waals surface area contributed by atoms with Crippen molar-refractivity contribution in [1.29, 1.82) is 0 Å². The zero-order chi connectivity index (χ0) is 13.8. The third-order valence-electron chi connectivity index (χ3n) is 4.20. The molecule has 1 unspecified atom stereocenters. The van der Waals surface area contributed by atoms with Crippen LogP contribution < -0.4 is 5.32 Å². The summed E-state index contributed by atoms with van der Waals surface area (Å²) in [5.74, 6) is -0.440. The van der Waals surface area contributed by atoms with Crippen molar-refractivity contribution in [2.45, 2.75) is 64.5 Å². The summed E-state index contributed by atoms with van der Waals surface area (Å²) in [6.45, 7) is 7.07. The highest BCUT2D eigenvalue weighted by Gasteiger charge is 2.35. The van der Waals surface area contributed by atoms with Crippen molar-refractivity contribution in [3.05, 3.63) is 0 Å². The Labute approximate surface area is 110 Å². The number of aliphatic hydroxyl groups is 1. The first kappa shape index (κ1) is 15.4. The smallest absolute Gasteiger partial charge is 0.306 e. The molecule has 3 N–H and O–H groups in total. The van der Waals surface area contributed by atoms with Crippen LogP contribution in [0, 0.1) is 11.8 Å². The van der Waals surface area contributed by atoms with Gasteiger partial charge < -0.3 is 15.5 Å². The third-order valence-corrected chi connectivity index (χ3v) is 4.20. The summed E-state index contributed by atoms with van der Waals surface area (Å²) in [6.07, 6.45) is 3.40. The molecule has 1 atom stereocenters. The van der Waals surface area contributed by atoms with E-state index in [9.17, 15) is 9.90 Å². The summed E-state index contributed by atoms with van der Waals surface area (Å²) in [5, 5.41) is 22.8. The molecule has 0 aromatic heterocycles. The molecule has 0 aromatic rings. The van der Waals surface area contributed by atoms with E-state index in [0.29, 0.717) is 44.2 Å². The van der Waals surface area contributed by atoms with Crippen LogP contribution in [0.15, 0.2) is 0 Å². The van der Waals surface area contributed by atoms with E-state index in [-0.39, 0.29) is 5.92 Å². The SMILES string of the molecule is CCC(NCC1(O)CCC(C(=O)O)CC1)C(C)C. The van der Waals surface area contributed by atoms with Gasteiger partial charge >= 0.3 is 5.97 Å². The van der Waals surface area contributed by atoms with Gasteiger partial charge in [-0.05, 0) is 38.0 Å². The van der Waals surface area contributed by atoms with Gasteiger partial charge in [-0.2, -0.15) is 0 Å². The average molecular weight is 257 g/mol. The van der Waals surface area contributed by atoms with Gasteiger partial charge in [-0.15, -0.1) is 0 Å². The summed E-state index contributed by atoms with van der Waals surface area (Å²) in [6, 6.07) is 0.422. The first-order chi connectivity index (χ1) is 8.38. The maximum atomic E-state index is 10.9. The van der Waals surface area contributed by atoms with E-state index < -0.39 is 11.6 Å². The number of nitrogens with one attached hydrogen (secondary N) is 1. The van der Waals surface area contributed by atoms with Crippen LogP contribution in [0.2, 0.25) is 0 Å². The largest absolute Gasteiger partial charge is 0.481 e. The normalized spacial score (nSPS) is 30.4. The molecule has 0 saturated heterocycles. The highest BCUT2D eigenvalue weighted by Crippen LogP contribution is 2.32. The molecule has 1 aliphatic rings. The predicted molar refractivity (Wildman–Crippen MR) is 71.5 cm³/mol. The minimum absolute atomic E-state index is 0.266. The summed E-state index contributed by atoms with van der Waals surface area (Å²) in [5.41, 5.74) is -0.714. The van der Waals surface area contributed by atoms with E-state index in [4.69, 9.17) is 5.11 Å². The van der Waals surface area contributed by atoms with Gasteiger partial charge in [0.05, 0.1) is 11.5 Å². The van der Waals surface area contributed by atoms with Crippen LogP contribution in [0.25, 0.3) is 0 Å². The molecule has 18 heavy (non-hydrogen) atoms. The first-order valence-electron chi connectivity index (χ1n) is 7.06. The monoisotopic (exact) mass is 257 g/mol. The van der Waals surface area contributed by atoms with Crippen molar-refractivity contribution in [2.75, 3.05) is 6.54 Å². The summed E-state index contributed by atoms with van der Waals surface area (Å²) in [7, 11) is 0. The number of carboxylic acids is 1. The van der Waals surface area contributed by atoms with Crippen molar-refractivity contribution < 1.29 is 15.0 Å². The zero-order valence-corrected chi connectivity index (χ0v) is 11.8. The average Bonchev–Trinajstić information content (AvgIpc) is 2.29. The van der Waals surface area contributed by atoms with Gasteiger partial charge in [-0.25, -0.2) is 0 Å². The number of carbonyl (C=O) groups is 1. The molecule has 0 amide bonds. The van der Waals surface area contributed by atoms with Gasteiger partial charge in [-0.3, -0.25) is 4.79 Å². The zero-order valence-electron chi connectivity index (χ0n) is 11.8. The fourth-order valence-corrected chi connectivity index (χ4v) is 2.75. The van der Waals surface area contributed by atoms with Gasteiger partial charge in [0.2, 0.25) is 0 Å². The molecule has 0 aliphatic heterocycles. The summed E-state index contributed by atoms with van der Waals surface area (Å²) >= 11 is 0. The first-order valence-corrected chi connectivity index (χ1v) is 7.06. The standard InChI is InChI=1S/C14H27NO3/c1-4-12(10(2)3)15-9-14(18)7-5-11(6-8-14)13(16)17/h10-12,15,18H,4-9H2,1-3H3,(H,16,17). The Morgan fingerprint density at radius 1 is 1.39 bits per heavy atom. The molecule has 0 heterocycles. The van der Waals surface area contributed by atoms with Gasteiger partial charge in [0.15, 0.2) is 0 Å². The topological polar surface area (TPSA) is 69.6 Å². The maximum Gasteiger partial charge on any atom is 0.306 e. The highest BCUT2D eigenvalue weighted by molar-refractivity contribution is 5.70. The number of hydrogen-bond donors (Lipinski definition) is 3. The molecule has 0 spiro atoms. The van der Waals surface area contributed by atoms with Crippen LogP contribution in [0.4, 0.5) is 0 Å². The Balaban J connectivity index is 2.40. The van der Waals surface area contributed by atoms with Gasteiger partial charge in [-0.1, -0.05) is 20.8 Å². The lowest BCUT2D eigenvalue weighted by atomic mass is 9.78. The van der Waals surface area contributed by atoms with E-state index in [1.165, 1.54) is 0 Å². The van der Waals surface area contributed by atoms with Crippen molar-refractivity contribution in [3.63, 3.8) is 0 Å². The second kappa shape index (κ2) is 6.53. The van der Waals surface area contributed by atoms with Crippen LogP contribution in [0.5, 0.6) is 0 Å². The van der Waals surface area contributed by atoms with Gasteiger partial charge in [0, 0.05) is 12.6 Å². The minimum Gasteiger partial charge on any atom is -0.481 e. The third kappa shape index (κ3) is 4.25. The Morgan fingerprint density at radius 2 is 1.94 bits per heavy atom. The maximum absolute atomic E-state index is 10.9. The molecule has 106 valence electrons. The molecule has 0 aromatic carbocycles. The molecule has 1 aliphatic carbocycles. The molecule has 0 bridgehead atoms. The molecular formula is C14H27NO3. The second-order valence-corrected chi connectivity index (χ2v) is 5.98. The van der Waals surface area contributed by atoms with Crippen molar-refractivity contribution in [2.24, 2.45) is 11.8 Å². The molecule has 4 heteroatoms. The molecule has 1 saturated carbocycles. The van der Waals surface area contributed by atoms with Crippen LogP contribution in [-0.2, 0) is 4.79 Å². The van der Waals surface area contributed by atoms with Crippen molar-refractivity contribution in [1.82, 2.24) is 5.32 Å². The van der Waals surface area contributed by atoms with E-state index in [2.05, 4.69) is 26.1 Å². The molecule has 1 rings (SSSR count). The summed E-state index contributed by atoms with van der Waals surface area (Å²) < 4.78 is 0. The Kier molecular flexibility index (Phi) is 5.60. The highest BCUT2D eigenvalue weighted by atomic mass is 16.4. The molecule has 1 fully saturated rings. The predicted octanol–water partition coefficient (Wildman–Crippen LogP) is 2.02. The number of aliphatic carboxylic acids is 1. The number of rotatable bonds is 6. The van der Waals surface area contributed by atoms with E-state index in [1.807, 2.05) is 0 Å². The van der Waals surface area contributed by atoms with E-state index in [0.717, 1.165) is 6.42 Å². The number of hydrogen-bond acceptors (Lipinski definition) is 3.